The number of aromatic nitrogens is 7. The SMILES string of the molecule is CCCCn1nc(-c2nc(N)c3c(n2)NC(=O)[C@@]3(C)c2cn(CCC(=O)O)nn2)c2ccc(Cl)cc21. The summed E-state index contributed by atoms with van der Waals surface area (Å²) in [6.07, 6.45) is 3.36. The molecule has 0 aliphatic carbocycles. The summed E-state index contributed by atoms with van der Waals surface area (Å²) in [5, 5.41) is 26.0. The van der Waals surface area contributed by atoms with Gasteiger partial charge in [0.15, 0.2) is 5.82 Å². The lowest BCUT2D eigenvalue weighted by molar-refractivity contribution is -0.137. The molecule has 1 amide bonds. The number of nitrogens with two attached hydrogens (primary N) is 1. The lowest BCUT2D eigenvalue weighted by Crippen LogP contribution is -2.33. The van der Waals surface area contributed by atoms with Crippen LogP contribution in [0.25, 0.3) is 22.4 Å². The highest BCUT2D eigenvalue weighted by Crippen LogP contribution is 2.44. The van der Waals surface area contributed by atoms with Crippen molar-refractivity contribution in [3.05, 3.63) is 40.7 Å². The maximum atomic E-state index is 13.2. The number of carboxylic acids is 1. The van der Waals surface area contributed by atoms with Crippen molar-refractivity contribution in [3.63, 3.8) is 0 Å². The van der Waals surface area contributed by atoms with Crippen molar-refractivity contribution in [2.45, 2.75) is 51.6 Å². The highest BCUT2D eigenvalue weighted by molar-refractivity contribution is 6.31. The number of aryl methyl sites for hydroxylation is 2. The number of anilines is 2. The number of unbranched alkanes of at least 4 members (excludes halogenated alkanes) is 1. The van der Waals surface area contributed by atoms with Crippen LogP contribution in [0.5, 0.6) is 0 Å². The van der Waals surface area contributed by atoms with Crippen LogP contribution >= 0.6 is 11.6 Å². The molecule has 5 rings (SSSR count). The molecular formula is C23H24ClN9O3. The van der Waals surface area contributed by atoms with Gasteiger partial charge in [-0.3, -0.25) is 19.0 Å². The minimum atomic E-state index is -1.30. The fourth-order valence-electron chi connectivity index (χ4n) is 4.40. The van der Waals surface area contributed by atoms with E-state index >= 15 is 0 Å². The summed E-state index contributed by atoms with van der Waals surface area (Å²) in [7, 11) is 0. The quantitative estimate of drug-likeness (QED) is 0.323. The number of nitrogen functional groups attached to an aromatic ring is 1. The molecular weight excluding hydrogens is 486 g/mol. The first kappa shape index (κ1) is 23.7. The third-order valence-electron chi connectivity index (χ3n) is 6.38. The Hall–Kier alpha value is -4.06. The Balaban J connectivity index is 1.58. The predicted octanol–water partition coefficient (Wildman–Crippen LogP) is 2.85. The van der Waals surface area contributed by atoms with Crippen LogP contribution < -0.4 is 11.1 Å². The largest absolute Gasteiger partial charge is 0.481 e. The number of fused-ring (bicyclic) bond motifs is 2. The molecule has 186 valence electrons. The van der Waals surface area contributed by atoms with E-state index < -0.39 is 11.4 Å². The summed E-state index contributed by atoms with van der Waals surface area (Å²) in [5.74, 6) is -0.676. The average molecular weight is 510 g/mol. The van der Waals surface area contributed by atoms with Crippen LogP contribution in [0.1, 0.15) is 44.4 Å². The van der Waals surface area contributed by atoms with Crippen LogP contribution in [0.3, 0.4) is 0 Å². The summed E-state index contributed by atoms with van der Waals surface area (Å²) in [6.45, 7) is 4.60. The Morgan fingerprint density at radius 1 is 1.28 bits per heavy atom. The Morgan fingerprint density at radius 3 is 2.83 bits per heavy atom. The number of nitrogens with one attached hydrogen (secondary N) is 1. The highest BCUT2D eigenvalue weighted by atomic mass is 35.5. The molecule has 1 aromatic carbocycles. The van der Waals surface area contributed by atoms with E-state index in [0.717, 1.165) is 23.7 Å². The van der Waals surface area contributed by atoms with Crippen molar-refractivity contribution < 1.29 is 14.7 Å². The van der Waals surface area contributed by atoms with Gasteiger partial charge < -0.3 is 16.2 Å². The van der Waals surface area contributed by atoms with Crippen LogP contribution in [0.2, 0.25) is 5.02 Å². The van der Waals surface area contributed by atoms with Crippen LogP contribution in [-0.4, -0.2) is 51.7 Å². The number of nitrogens with zero attached hydrogens (tertiary/aromatic N) is 7. The smallest absolute Gasteiger partial charge is 0.305 e. The predicted molar refractivity (Wildman–Crippen MR) is 132 cm³/mol. The molecule has 0 bridgehead atoms. The fourth-order valence-corrected chi connectivity index (χ4v) is 4.56. The third kappa shape index (κ3) is 3.83. The number of carbonyl (C=O) groups excluding carboxylic acids is 1. The molecule has 1 aliphatic rings. The first-order chi connectivity index (χ1) is 17.2. The van der Waals surface area contributed by atoms with Gasteiger partial charge in [-0.2, -0.15) is 5.10 Å². The van der Waals surface area contributed by atoms with E-state index in [1.54, 1.807) is 13.0 Å². The normalized spacial score (nSPS) is 16.9. The summed E-state index contributed by atoms with van der Waals surface area (Å²) in [5.41, 5.74) is 7.22. The Bertz CT molecular complexity index is 1510. The highest BCUT2D eigenvalue weighted by Gasteiger charge is 2.49. The fraction of sp³-hybridized carbons (Fsp3) is 0.348. The number of hydrogen-bond donors (Lipinski definition) is 3. The average Bonchev–Trinajstić information content (AvgIpc) is 3.52. The van der Waals surface area contributed by atoms with Crippen LogP contribution in [-0.2, 0) is 28.1 Å². The van der Waals surface area contributed by atoms with Crippen molar-refractivity contribution in [3.8, 4) is 11.5 Å². The Morgan fingerprint density at radius 2 is 2.08 bits per heavy atom. The molecule has 0 radical (unpaired) electrons. The second-order valence-corrected chi connectivity index (χ2v) is 9.27. The molecule has 3 aromatic heterocycles. The van der Waals surface area contributed by atoms with Gasteiger partial charge in [-0.15, -0.1) is 5.10 Å². The molecule has 36 heavy (non-hydrogen) atoms. The zero-order chi connectivity index (χ0) is 25.6. The summed E-state index contributed by atoms with van der Waals surface area (Å²) in [6, 6.07) is 5.50. The monoisotopic (exact) mass is 509 g/mol. The number of amides is 1. The lowest BCUT2D eigenvalue weighted by Gasteiger charge is -2.19. The molecule has 0 fully saturated rings. The van der Waals surface area contributed by atoms with Gasteiger partial charge in [0.1, 0.15) is 28.4 Å². The number of benzene rings is 1. The molecule has 0 saturated carbocycles. The van der Waals surface area contributed by atoms with Crippen molar-refractivity contribution in [2.24, 2.45) is 0 Å². The summed E-state index contributed by atoms with van der Waals surface area (Å²) < 4.78 is 3.26. The number of halogens is 1. The van der Waals surface area contributed by atoms with E-state index in [1.807, 2.05) is 16.8 Å². The third-order valence-corrected chi connectivity index (χ3v) is 6.61. The second kappa shape index (κ2) is 8.86. The van der Waals surface area contributed by atoms with Gasteiger partial charge in [0.2, 0.25) is 5.91 Å². The molecule has 1 aliphatic heterocycles. The maximum absolute atomic E-state index is 13.2. The first-order valence-corrected chi connectivity index (χ1v) is 11.9. The number of hydrogen-bond acceptors (Lipinski definition) is 8. The molecule has 0 unspecified atom stereocenters. The van der Waals surface area contributed by atoms with Gasteiger partial charge in [-0.25, -0.2) is 9.97 Å². The molecule has 1 atom stereocenters. The van der Waals surface area contributed by atoms with Crippen LogP contribution in [0.15, 0.2) is 24.4 Å². The molecule has 4 N–H and O–H groups in total. The maximum Gasteiger partial charge on any atom is 0.305 e. The zero-order valence-corrected chi connectivity index (χ0v) is 20.5. The van der Waals surface area contributed by atoms with Gasteiger partial charge in [0.05, 0.1) is 24.0 Å². The lowest BCUT2D eigenvalue weighted by atomic mass is 9.81. The Kier molecular flexibility index (Phi) is 5.83. The van der Waals surface area contributed by atoms with Gasteiger partial charge >= 0.3 is 5.97 Å². The molecule has 4 heterocycles. The van der Waals surface area contributed by atoms with Crippen LogP contribution in [0.4, 0.5) is 11.6 Å². The zero-order valence-electron chi connectivity index (χ0n) is 19.7. The van der Waals surface area contributed by atoms with E-state index in [4.69, 9.17) is 27.5 Å². The van der Waals surface area contributed by atoms with Crippen molar-refractivity contribution in [1.29, 1.82) is 0 Å². The van der Waals surface area contributed by atoms with Gasteiger partial charge in [0, 0.05) is 23.2 Å². The van der Waals surface area contributed by atoms with E-state index in [-0.39, 0.29) is 36.3 Å². The number of aliphatic carboxylic acids is 1. The number of carbonyl (C=O) groups is 2. The molecule has 12 nitrogen and oxygen atoms in total. The van der Waals surface area contributed by atoms with Crippen molar-refractivity contribution in [2.75, 3.05) is 11.1 Å². The van der Waals surface area contributed by atoms with E-state index in [9.17, 15) is 9.59 Å². The van der Waals surface area contributed by atoms with Gasteiger partial charge in [0.25, 0.3) is 0 Å². The van der Waals surface area contributed by atoms with E-state index in [0.29, 0.717) is 28.5 Å². The van der Waals surface area contributed by atoms with Crippen molar-refractivity contribution >= 4 is 46.0 Å². The standard InChI is InChI=1S/C23H24ClN9O3/c1-3-4-8-33-14-10-12(24)5-6-13(14)18(30-33)21-26-19(25)17-20(27-21)28-22(36)23(17,2)15-11-32(31-29-15)9-7-16(34)35/h5-6,10-11H,3-4,7-9H2,1-2H3,(H,34,35)(H3,25,26,27,28,36)/t23-/m0/s1. The number of rotatable bonds is 8. The van der Waals surface area contributed by atoms with Gasteiger partial charge in [-0.05, 0) is 31.5 Å². The van der Waals surface area contributed by atoms with E-state index in [2.05, 4.69) is 32.5 Å². The van der Waals surface area contributed by atoms with Gasteiger partial charge in [-0.1, -0.05) is 30.2 Å². The topological polar surface area (TPSA) is 167 Å². The summed E-state index contributed by atoms with van der Waals surface area (Å²) >= 11 is 6.24. The van der Waals surface area contributed by atoms with Crippen LogP contribution in [0, 0.1) is 0 Å². The molecule has 4 aromatic rings. The van der Waals surface area contributed by atoms with E-state index in [1.165, 1.54) is 10.9 Å². The Labute approximate surface area is 210 Å². The number of carboxylic acid groups (broad SMARTS) is 1. The minimum absolute atomic E-state index is 0.112. The minimum Gasteiger partial charge on any atom is -0.481 e. The molecule has 0 saturated heterocycles. The molecule has 13 heteroatoms. The molecule has 0 spiro atoms. The summed E-state index contributed by atoms with van der Waals surface area (Å²) in [4.78, 5) is 33.2. The second-order valence-electron chi connectivity index (χ2n) is 8.83. The first-order valence-electron chi connectivity index (χ1n) is 11.5. The van der Waals surface area contributed by atoms with Crippen molar-refractivity contribution in [1.82, 2.24) is 34.7 Å².